The summed E-state index contributed by atoms with van der Waals surface area (Å²) in [4.78, 5) is 13.7. The lowest BCUT2D eigenvalue weighted by Gasteiger charge is -2.40. The lowest BCUT2D eigenvalue weighted by atomic mass is 9.77. The van der Waals surface area contributed by atoms with Crippen molar-refractivity contribution in [2.24, 2.45) is 11.8 Å². The second-order valence-electron chi connectivity index (χ2n) is 7.19. The molecule has 0 aromatic rings. The predicted molar refractivity (Wildman–Crippen MR) is 87.2 cm³/mol. The number of likely N-dealkylation sites (tertiary alicyclic amines) is 1. The highest BCUT2D eigenvalue weighted by atomic mass is 16.1. The van der Waals surface area contributed by atoms with E-state index in [4.69, 9.17) is 0 Å². The van der Waals surface area contributed by atoms with Crippen molar-refractivity contribution >= 4 is 5.91 Å². The Morgan fingerprint density at radius 3 is 2.43 bits per heavy atom. The van der Waals surface area contributed by atoms with Crippen molar-refractivity contribution in [3.8, 4) is 0 Å². The van der Waals surface area contributed by atoms with Crippen LogP contribution in [0.2, 0.25) is 0 Å². The van der Waals surface area contributed by atoms with Crippen molar-refractivity contribution in [1.29, 1.82) is 0 Å². The number of nitrogens with zero attached hydrogens (tertiary/aromatic N) is 1. The van der Waals surface area contributed by atoms with Gasteiger partial charge in [0, 0.05) is 32.2 Å². The minimum Gasteiger partial charge on any atom is -0.358 e. The summed E-state index contributed by atoms with van der Waals surface area (Å²) in [6, 6.07) is 1.37. The van der Waals surface area contributed by atoms with E-state index in [0.717, 1.165) is 24.9 Å². The molecule has 0 radical (unpaired) electrons. The van der Waals surface area contributed by atoms with E-state index in [1.807, 2.05) is 0 Å². The smallest absolute Gasteiger partial charge is 0.233 e. The Bertz CT molecular complexity index is 324. The standard InChI is InChI=1S/C17H33N3O/c1-13(2)15-6-4-5-7-16(15)19-14-8-10-20(11-9-14)12-17(21)18-3/h13-16,19H,4-12H2,1-3H3,(H,18,21). The molecule has 2 rings (SSSR count). The molecule has 4 nitrogen and oxygen atoms in total. The van der Waals surface area contributed by atoms with Gasteiger partial charge in [0.15, 0.2) is 0 Å². The van der Waals surface area contributed by atoms with Gasteiger partial charge in [-0.05, 0) is 37.5 Å². The van der Waals surface area contributed by atoms with E-state index in [2.05, 4.69) is 29.4 Å². The number of carbonyl (C=O) groups is 1. The molecule has 2 atom stereocenters. The van der Waals surface area contributed by atoms with E-state index >= 15 is 0 Å². The van der Waals surface area contributed by atoms with Gasteiger partial charge in [-0.15, -0.1) is 0 Å². The molecule has 122 valence electrons. The first kappa shape index (κ1) is 16.8. The fraction of sp³-hybridized carbons (Fsp3) is 0.941. The summed E-state index contributed by atoms with van der Waals surface area (Å²) in [5.74, 6) is 1.77. The molecule has 1 amide bonds. The van der Waals surface area contributed by atoms with Gasteiger partial charge >= 0.3 is 0 Å². The zero-order chi connectivity index (χ0) is 15.2. The average molecular weight is 295 g/mol. The predicted octanol–water partition coefficient (Wildman–Crippen LogP) is 2.00. The molecule has 0 spiro atoms. The van der Waals surface area contributed by atoms with E-state index in [1.165, 1.54) is 38.5 Å². The van der Waals surface area contributed by atoms with Gasteiger partial charge in [0.25, 0.3) is 0 Å². The Hall–Kier alpha value is -0.610. The maximum absolute atomic E-state index is 11.4. The summed E-state index contributed by atoms with van der Waals surface area (Å²) in [6.45, 7) is 7.39. The SMILES string of the molecule is CNC(=O)CN1CCC(NC2CCCCC2C(C)C)CC1. The molecule has 1 aliphatic carbocycles. The molecule has 2 fully saturated rings. The second kappa shape index (κ2) is 8.14. The molecule has 4 heteroatoms. The van der Waals surface area contributed by atoms with Crippen molar-refractivity contribution in [3.63, 3.8) is 0 Å². The van der Waals surface area contributed by atoms with Crippen LogP contribution in [0.25, 0.3) is 0 Å². The number of likely N-dealkylation sites (N-methyl/N-ethyl adjacent to an activating group) is 1. The molecule has 21 heavy (non-hydrogen) atoms. The highest BCUT2D eigenvalue weighted by Crippen LogP contribution is 2.31. The highest BCUT2D eigenvalue weighted by Gasteiger charge is 2.30. The minimum atomic E-state index is 0.133. The van der Waals surface area contributed by atoms with Gasteiger partial charge in [0.05, 0.1) is 6.54 Å². The van der Waals surface area contributed by atoms with Crippen LogP contribution in [0.15, 0.2) is 0 Å². The molecule has 1 saturated heterocycles. The van der Waals surface area contributed by atoms with Crippen LogP contribution >= 0.6 is 0 Å². The zero-order valence-electron chi connectivity index (χ0n) is 14.0. The summed E-state index contributed by atoms with van der Waals surface area (Å²) >= 11 is 0. The van der Waals surface area contributed by atoms with E-state index in [1.54, 1.807) is 7.05 Å². The van der Waals surface area contributed by atoms with E-state index in [9.17, 15) is 4.79 Å². The number of amides is 1. The normalized spacial score (nSPS) is 28.8. The summed E-state index contributed by atoms with van der Waals surface area (Å²) in [5.41, 5.74) is 0. The second-order valence-corrected chi connectivity index (χ2v) is 7.19. The Morgan fingerprint density at radius 2 is 1.81 bits per heavy atom. The Balaban J connectivity index is 1.76. The maximum Gasteiger partial charge on any atom is 0.233 e. The van der Waals surface area contributed by atoms with Gasteiger partial charge in [0.2, 0.25) is 5.91 Å². The number of rotatable bonds is 5. The first-order valence-electron chi connectivity index (χ1n) is 8.79. The van der Waals surface area contributed by atoms with Crippen molar-refractivity contribution in [2.75, 3.05) is 26.7 Å². The highest BCUT2D eigenvalue weighted by molar-refractivity contribution is 5.77. The topological polar surface area (TPSA) is 44.4 Å². The number of hydrogen-bond donors (Lipinski definition) is 2. The first-order chi connectivity index (χ1) is 10.1. The van der Waals surface area contributed by atoms with Gasteiger partial charge in [-0.1, -0.05) is 26.7 Å². The lowest BCUT2D eigenvalue weighted by Crippen LogP contribution is -2.51. The fourth-order valence-corrected chi connectivity index (χ4v) is 4.01. The summed E-state index contributed by atoms with van der Waals surface area (Å²) in [6.07, 6.45) is 7.89. The van der Waals surface area contributed by atoms with Gasteiger partial charge in [-0.3, -0.25) is 9.69 Å². The van der Waals surface area contributed by atoms with Crippen molar-refractivity contribution in [2.45, 2.75) is 64.5 Å². The molecule has 0 aromatic carbocycles. The van der Waals surface area contributed by atoms with Crippen LogP contribution in [0.3, 0.4) is 0 Å². The van der Waals surface area contributed by atoms with E-state index < -0.39 is 0 Å². The summed E-state index contributed by atoms with van der Waals surface area (Å²) in [7, 11) is 1.71. The third-order valence-electron chi connectivity index (χ3n) is 5.36. The average Bonchev–Trinajstić information content (AvgIpc) is 2.49. The summed E-state index contributed by atoms with van der Waals surface area (Å²) in [5, 5.41) is 6.66. The van der Waals surface area contributed by atoms with E-state index in [-0.39, 0.29) is 5.91 Å². The third-order valence-corrected chi connectivity index (χ3v) is 5.36. The number of nitrogens with one attached hydrogen (secondary N) is 2. The Labute approximate surface area is 130 Å². The molecule has 0 bridgehead atoms. The molecule has 2 unspecified atom stereocenters. The van der Waals surface area contributed by atoms with Crippen LogP contribution < -0.4 is 10.6 Å². The van der Waals surface area contributed by atoms with Crippen LogP contribution in [-0.2, 0) is 4.79 Å². The molecular formula is C17H33N3O. The zero-order valence-corrected chi connectivity index (χ0v) is 14.0. The molecule has 0 aromatic heterocycles. The molecule has 1 heterocycles. The number of hydrogen-bond acceptors (Lipinski definition) is 3. The largest absolute Gasteiger partial charge is 0.358 e. The van der Waals surface area contributed by atoms with Crippen molar-refractivity contribution < 1.29 is 4.79 Å². The van der Waals surface area contributed by atoms with Gasteiger partial charge in [0.1, 0.15) is 0 Å². The van der Waals surface area contributed by atoms with Gasteiger partial charge < -0.3 is 10.6 Å². The summed E-state index contributed by atoms with van der Waals surface area (Å²) < 4.78 is 0. The molecule has 1 aliphatic heterocycles. The Kier molecular flexibility index (Phi) is 6.49. The van der Waals surface area contributed by atoms with Gasteiger partial charge in [-0.2, -0.15) is 0 Å². The van der Waals surface area contributed by atoms with Crippen LogP contribution in [0, 0.1) is 11.8 Å². The minimum absolute atomic E-state index is 0.133. The quantitative estimate of drug-likeness (QED) is 0.815. The van der Waals surface area contributed by atoms with Gasteiger partial charge in [-0.25, -0.2) is 0 Å². The van der Waals surface area contributed by atoms with Crippen molar-refractivity contribution in [3.05, 3.63) is 0 Å². The molecular weight excluding hydrogens is 262 g/mol. The Morgan fingerprint density at radius 1 is 1.14 bits per heavy atom. The maximum atomic E-state index is 11.4. The lowest BCUT2D eigenvalue weighted by molar-refractivity contribution is -0.122. The van der Waals surface area contributed by atoms with E-state index in [0.29, 0.717) is 18.6 Å². The van der Waals surface area contributed by atoms with Crippen LogP contribution in [-0.4, -0.2) is 49.6 Å². The first-order valence-corrected chi connectivity index (χ1v) is 8.79. The molecule has 2 N–H and O–H groups in total. The van der Waals surface area contributed by atoms with Crippen molar-refractivity contribution in [1.82, 2.24) is 15.5 Å². The van der Waals surface area contributed by atoms with Crippen LogP contribution in [0.4, 0.5) is 0 Å². The van der Waals surface area contributed by atoms with Crippen LogP contribution in [0.1, 0.15) is 52.4 Å². The third kappa shape index (κ3) is 4.96. The number of carbonyl (C=O) groups excluding carboxylic acids is 1. The van der Waals surface area contributed by atoms with Crippen LogP contribution in [0.5, 0.6) is 0 Å². The molecule has 2 aliphatic rings. The fourth-order valence-electron chi connectivity index (χ4n) is 4.01. The number of piperidine rings is 1. The monoisotopic (exact) mass is 295 g/mol. The molecule has 1 saturated carbocycles.